The van der Waals surface area contributed by atoms with E-state index >= 15 is 0 Å². The fourth-order valence-electron chi connectivity index (χ4n) is 7.57. The molecule has 0 aliphatic carbocycles. The van der Waals surface area contributed by atoms with E-state index in [0.717, 1.165) is 70.6 Å². The minimum Gasteiger partial charge on any atom is -0.457 e. The third-order valence-electron chi connectivity index (χ3n) is 11.3. The summed E-state index contributed by atoms with van der Waals surface area (Å²) in [6.07, 6.45) is 38.9. The van der Waals surface area contributed by atoms with Crippen LogP contribution in [0.15, 0.2) is 36.5 Å². The largest absolute Gasteiger partial charge is 0.457 e. The fraction of sp³-hybridized carbons (Fsp3) is 0.857. The minimum absolute atomic E-state index is 0.0295. The average Bonchev–Trinajstić information content (AvgIpc) is 3.24. The second kappa shape index (κ2) is 40.8. The highest BCUT2D eigenvalue weighted by atomic mass is 32.3. The number of allylic oxidation sites excluding steroid dienone is 6. The van der Waals surface area contributed by atoms with Gasteiger partial charge in [0.1, 0.15) is 30.5 Å². The molecule has 0 aromatic rings. The molecular weight excluding hydrogens is 813 g/mol. The maximum absolute atomic E-state index is 12.9. The van der Waals surface area contributed by atoms with Crippen molar-refractivity contribution in [3.63, 3.8) is 0 Å². The van der Waals surface area contributed by atoms with Crippen molar-refractivity contribution in [1.29, 1.82) is 0 Å². The second-order valence-corrected chi connectivity index (χ2v) is 18.1. The lowest BCUT2D eigenvalue weighted by Gasteiger charge is -2.41. The van der Waals surface area contributed by atoms with Crippen LogP contribution in [0, 0.1) is 0 Å². The molecule has 0 aromatic carbocycles. The molecule has 1 rings (SSSR count). The van der Waals surface area contributed by atoms with E-state index in [1.165, 1.54) is 109 Å². The molecule has 12 nitrogen and oxygen atoms in total. The Morgan fingerprint density at radius 1 is 0.629 bits per heavy atom. The normalized spacial score (nSPS) is 20.3. The molecule has 0 amide bonds. The van der Waals surface area contributed by atoms with Crippen LogP contribution < -0.4 is 0 Å². The quantitative estimate of drug-likeness (QED) is 0.0197. The number of rotatable bonds is 43. The van der Waals surface area contributed by atoms with Gasteiger partial charge in [0, 0.05) is 13.0 Å². The summed E-state index contributed by atoms with van der Waals surface area (Å²) in [4.78, 5) is 12.9. The van der Waals surface area contributed by atoms with E-state index in [0.29, 0.717) is 13.0 Å². The van der Waals surface area contributed by atoms with Gasteiger partial charge in [-0.3, -0.25) is 9.35 Å². The lowest BCUT2D eigenvalue weighted by Crippen LogP contribution is -2.60. The summed E-state index contributed by atoms with van der Waals surface area (Å²) >= 11 is 0. The molecule has 6 unspecified atom stereocenters. The van der Waals surface area contributed by atoms with E-state index in [1.54, 1.807) is 0 Å². The van der Waals surface area contributed by atoms with E-state index in [4.69, 9.17) is 18.9 Å². The maximum Gasteiger partial charge on any atom is 0.397 e. The zero-order chi connectivity index (χ0) is 45.4. The molecule has 4 N–H and O–H groups in total. The maximum atomic E-state index is 12.9. The Hall–Kier alpha value is -1.68. The van der Waals surface area contributed by atoms with Gasteiger partial charge < -0.3 is 34.3 Å². The summed E-state index contributed by atoms with van der Waals surface area (Å²) in [5.41, 5.74) is 0. The van der Waals surface area contributed by atoms with Crippen LogP contribution >= 0.6 is 0 Å². The van der Waals surface area contributed by atoms with Crippen LogP contribution in [0.5, 0.6) is 0 Å². The van der Waals surface area contributed by atoms with Crippen molar-refractivity contribution < 1.29 is 56.2 Å². The first-order valence-corrected chi connectivity index (χ1v) is 26.1. The second-order valence-electron chi connectivity index (χ2n) is 17.0. The van der Waals surface area contributed by atoms with E-state index in [9.17, 15) is 33.1 Å². The zero-order valence-corrected chi connectivity index (χ0v) is 39.7. The summed E-state index contributed by atoms with van der Waals surface area (Å²) < 4.78 is 59.2. The van der Waals surface area contributed by atoms with Crippen molar-refractivity contribution in [2.45, 2.75) is 243 Å². The van der Waals surface area contributed by atoms with Gasteiger partial charge in [-0.05, 0) is 44.9 Å². The summed E-state index contributed by atoms with van der Waals surface area (Å²) in [7, 11) is -5.06. The number of ether oxygens (including phenoxy) is 4. The smallest absolute Gasteiger partial charge is 0.397 e. The van der Waals surface area contributed by atoms with Crippen molar-refractivity contribution in [3.05, 3.63) is 36.5 Å². The van der Waals surface area contributed by atoms with Gasteiger partial charge in [0.2, 0.25) is 0 Å². The minimum atomic E-state index is -5.06. The summed E-state index contributed by atoms with van der Waals surface area (Å²) in [6, 6.07) is 0. The number of carbonyl (C=O) groups is 1. The molecule has 364 valence electrons. The van der Waals surface area contributed by atoms with Gasteiger partial charge >= 0.3 is 16.4 Å². The third-order valence-corrected chi connectivity index (χ3v) is 11.7. The average molecular weight is 903 g/mol. The molecule has 0 radical (unpaired) electrons. The highest BCUT2D eigenvalue weighted by molar-refractivity contribution is 7.80. The standard InChI is InChI=1S/C49H90O12S/c1-3-5-7-9-11-13-15-17-19-21-22-23-24-26-28-30-32-34-36-38-45(51)59-43(42-58-49-47(53)48(61-62(54,55)56)46(52)44(40-50)60-49)41-57-39-37-35-33-31-29-27-25-20-18-16-14-12-10-8-6-4-2/h6,8,12,14,18,20,43-44,46-50,52-53H,3-5,7,9-11,13,15-17,19,21-42H2,1-2H3,(H,54,55,56)/b8-6-,14-12-,20-18-. The first kappa shape index (κ1) is 58.3. The molecule has 62 heavy (non-hydrogen) atoms. The first-order valence-electron chi connectivity index (χ1n) is 24.7. The molecule has 1 fully saturated rings. The molecule has 0 spiro atoms. The molecule has 6 atom stereocenters. The van der Waals surface area contributed by atoms with E-state index in [-0.39, 0.29) is 19.6 Å². The number of hydrogen-bond donors (Lipinski definition) is 4. The summed E-state index contributed by atoms with van der Waals surface area (Å²) in [5.74, 6) is -0.401. The molecule has 0 bridgehead atoms. The molecule has 1 heterocycles. The van der Waals surface area contributed by atoms with Gasteiger partial charge in [-0.15, -0.1) is 0 Å². The Morgan fingerprint density at radius 3 is 1.63 bits per heavy atom. The van der Waals surface area contributed by atoms with Gasteiger partial charge in [0.05, 0.1) is 19.8 Å². The van der Waals surface area contributed by atoms with E-state index in [2.05, 4.69) is 54.5 Å². The zero-order valence-electron chi connectivity index (χ0n) is 38.9. The number of aliphatic hydroxyl groups is 3. The predicted octanol–water partition coefficient (Wildman–Crippen LogP) is 11.0. The SMILES string of the molecule is CC/C=C\C/C=C\C/C=C\CCCCCCCCOCC(COC1OC(CO)C(O)C(OS(=O)(=O)O)C1O)OC(=O)CCCCCCCCCCCCCCCCCCCCC. The topological polar surface area (TPSA) is 178 Å². The molecule has 13 heteroatoms. The molecule has 1 aliphatic rings. The van der Waals surface area contributed by atoms with Crippen molar-refractivity contribution in [2.24, 2.45) is 0 Å². The van der Waals surface area contributed by atoms with Gasteiger partial charge in [-0.2, -0.15) is 8.42 Å². The van der Waals surface area contributed by atoms with Gasteiger partial charge in [0.15, 0.2) is 6.29 Å². The van der Waals surface area contributed by atoms with Crippen molar-refractivity contribution in [2.75, 3.05) is 26.4 Å². The highest BCUT2D eigenvalue weighted by Crippen LogP contribution is 2.26. The number of hydrogen-bond acceptors (Lipinski definition) is 11. The Bertz CT molecular complexity index is 1230. The highest BCUT2D eigenvalue weighted by Gasteiger charge is 2.48. The Balaban J connectivity index is 2.38. The van der Waals surface area contributed by atoms with Crippen LogP contribution in [0.25, 0.3) is 0 Å². The van der Waals surface area contributed by atoms with Crippen molar-refractivity contribution in [3.8, 4) is 0 Å². The first-order chi connectivity index (χ1) is 30.1. The summed E-state index contributed by atoms with van der Waals surface area (Å²) in [6.45, 7) is 3.88. The number of carbonyl (C=O) groups excluding carboxylic acids is 1. The Morgan fingerprint density at radius 2 is 1.11 bits per heavy atom. The monoisotopic (exact) mass is 903 g/mol. The molecular formula is C49H90O12S. The van der Waals surface area contributed by atoms with Crippen LogP contribution in [0.1, 0.15) is 206 Å². The molecule has 1 aliphatic heterocycles. The Kier molecular flexibility index (Phi) is 38.4. The van der Waals surface area contributed by atoms with Crippen molar-refractivity contribution in [1.82, 2.24) is 0 Å². The molecule has 0 saturated carbocycles. The van der Waals surface area contributed by atoms with Crippen LogP contribution in [0.2, 0.25) is 0 Å². The Labute approximate surface area is 377 Å². The molecule has 0 aromatic heterocycles. The number of unbranched alkanes of at least 4 members (excludes halogenated alkanes) is 24. The number of esters is 1. The lowest BCUT2D eigenvalue weighted by atomic mass is 9.99. The van der Waals surface area contributed by atoms with Gasteiger partial charge in [0.25, 0.3) is 0 Å². The number of aliphatic hydroxyl groups excluding tert-OH is 3. The van der Waals surface area contributed by atoms with Crippen LogP contribution in [0.3, 0.4) is 0 Å². The van der Waals surface area contributed by atoms with Gasteiger partial charge in [-0.25, -0.2) is 4.18 Å². The van der Waals surface area contributed by atoms with E-state index in [1.807, 2.05) is 0 Å². The fourth-order valence-corrected chi connectivity index (χ4v) is 8.08. The summed E-state index contributed by atoms with van der Waals surface area (Å²) in [5, 5.41) is 30.7. The van der Waals surface area contributed by atoms with Crippen LogP contribution in [-0.2, 0) is 38.3 Å². The predicted molar refractivity (Wildman–Crippen MR) is 248 cm³/mol. The van der Waals surface area contributed by atoms with E-state index < -0.39 is 59.8 Å². The van der Waals surface area contributed by atoms with Crippen LogP contribution in [0.4, 0.5) is 0 Å². The van der Waals surface area contributed by atoms with Crippen LogP contribution in [-0.4, -0.2) is 97.5 Å². The van der Waals surface area contributed by atoms with Gasteiger partial charge in [-0.1, -0.05) is 192 Å². The lowest BCUT2D eigenvalue weighted by molar-refractivity contribution is -0.301. The third kappa shape index (κ3) is 33.8. The van der Waals surface area contributed by atoms with Crippen molar-refractivity contribution >= 4 is 16.4 Å². The molecule has 1 saturated heterocycles.